The van der Waals surface area contributed by atoms with Crippen LogP contribution in [-0.4, -0.2) is 0 Å². The van der Waals surface area contributed by atoms with Crippen LogP contribution in [0, 0.1) is 0 Å². The quantitative estimate of drug-likeness (QED) is 0.667. The van der Waals surface area contributed by atoms with Crippen LogP contribution in [0.25, 0.3) is 0 Å². The number of alkyl halides is 3. The molecule has 6 heteroatoms. The van der Waals surface area contributed by atoms with Crippen molar-refractivity contribution in [3.63, 3.8) is 0 Å². The van der Waals surface area contributed by atoms with Gasteiger partial charge in [0.2, 0.25) is 0 Å². The first-order chi connectivity index (χ1) is 6.82. The van der Waals surface area contributed by atoms with Crippen molar-refractivity contribution in [2.75, 3.05) is 5.73 Å². The molecular formula is C9H10Br2F3N. The molecule has 2 N–H and O–H groups in total. The maximum absolute atomic E-state index is 12.2. The van der Waals surface area contributed by atoms with Gasteiger partial charge in [0.1, 0.15) is 0 Å². The summed E-state index contributed by atoms with van der Waals surface area (Å²) in [5, 5.41) is 0. The van der Waals surface area contributed by atoms with E-state index in [4.69, 9.17) is 5.73 Å². The van der Waals surface area contributed by atoms with E-state index in [0.717, 1.165) is 12.1 Å². The molecule has 0 amide bonds. The highest BCUT2D eigenvalue weighted by Crippen LogP contribution is 2.37. The van der Waals surface area contributed by atoms with Gasteiger partial charge >= 0.3 is 6.18 Å². The van der Waals surface area contributed by atoms with Gasteiger partial charge in [0.25, 0.3) is 0 Å². The van der Waals surface area contributed by atoms with E-state index in [2.05, 4.69) is 31.9 Å². The van der Waals surface area contributed by atoms with Crippen molar-refractivity contribution in [2.45, 2.75) is 20.0 Å². The second-order valence-corrected chi connectivity index (χ2v) is 4.06. The van der Waals surface area contributed by atoms with Gasteiger partial charge in [0.05, 0.1) is 11.3 Å². The lowest BCUT2D eigenvalue weighted by Gasteiger charge is -2.09. The van der Waals surface area contributed by atoms with Crippen LogP contribution in [0.15, 0.2) is 21.1 Å². The Balaban J connectivity index is 0.000000921. The van der Waals surface area contributed by atoms with E-state index in [9.17, 15) is 13.2 Å². The Morgan fingerprint density at radius 2 is 1.40 bits per heavy atom. The number of nitrogens with two attached hydrogens (primary N) is 1. The van der Waals surface area contributed by atoms with Crippen LogP contribution in [0.2, 0.25) is 0 Å². The number of anilines is 1. The van der Waals surface area contributed by atoms with Crippen LogP contribution < -0.4 is 5.73 Å². The maximum Gasteiger partial charge on any atom is 0.416 e. The molecule has 86 valence electrons. The predicted octanol–water partition coefficient (Wildman–Crippen LogP) is 4.84. The van der Waals surface area contributed by atoms with Gasteiger partial charge < -0.3 is 5.73 Å². The third-order valence-electron chi connectivity index (χ3n) is 1.41. The molecule has 0 bridgehead atoms. The Hall–Kier alpha value is -0.230. The van der Waals surface area contributed by atoms with Crippen molar-refractivity contribution in [1.82, 2.24) is 0 Å². The number of rotatable bonds is 0. The topological polar surface area (TPSA) is 26.0 Å². The summed E-state index contributed by atoms with van der Waals surface area (Å²) >= 11 is 5.87. The highest BCUT2D eigenvalue weighted by atomic mass is 79.9. The highest BCUT2D eigenvalue weighted by molar-refractivity contribution is 9.11. The summed E-state index contributed by atoms with van der Waals surface area (Å²) in [6.07, 6.45) is -4.35. The van der Waals surface area contributed by atoms with Crippen LogP contribution in [0.3, 0.4) is 0 Å². The Labute approximate surface area is 103 Å². The average molecular weight is 349 g/mol. The van der Waals surface area contributed by atoms with Crippen molar-refractivity contribution in [2.24, 2.45) is 0 Å². The van der Waals surface area contributed by atoms with Gasteiger partial charge in [0.15, 0.2) is 0 Å². The van der Waals surface area contributed by atoms with Crippen LogP contribution in [0.4, 0.5) is 18.9 Å². The first kappa shape index (κ1) is 14.8. The minimum atomic E-state index is -4.35. The molecule has 0 aliphatic rings. The fourth-order valence-electron chi connectivity index (χ4n) is 0.748. The van der Waals surface area contributed by atoms with Crippen molar-refractivity contribution >= 4 is 37.5 Å². The van der Waals surface area contributed by atoms with Crippen molar-refractivity contribution in [1.29, 1.82) is 0 Å². The Morgan fingerprint density at radius 3 is 1.67 bits per heavy atom. The molecule has 1 rings (SSSR count). The van der Waals surface area contributed by atoms with Crippen molar-refractivity contribution in [3.05, 3.63) is 26.6 Å². The molecule has 1 aromatic rings. The highest BCUT2D eigenvalue weighted by Gasteiger charge is 2.31. The van der Waals surface area contributed by atoms with E-state index in [1.54, 1.807) is 0 Å². The Bertz CT molecular complexity index is 314. The molecule has 0 aliphatic carbocycles. The zero-order chi connectivity index (χ0) is 12.2. The summed E-state index contributed by atoms with van der Waals surface area (Å²) in [5.74, 6) is 0. The van der Waals surface area contributed by atoms with E-state index in [-0.39, 0.29) is 14.6 Å². The fraction of sp³-hybridized carbons (Fsp3) is 0.333. The lowest BCUT2D eigenvalue weighted by molar-refractivity contribution is -0.137. The molecule has 15 heavy (non-hydrogen) atoms. The van der Waals surface area contributed by atoms with Crippen LogP contribution in [0.1, 0.15) is 19.4 Å². The van der Waals surface area contributed by atoms with Gasteiger partial charge in [-0.15, -0.1) is 0 Å². The van der Waals surface area contributed by atoms with Gasteiger partial charge in [-0.25, -0.2) is 0 Å². The molecule has 0 saturated carbocycles. The molecule has 0 unspecified atom stereocenters. The Kier molecular flexibility index (Phi) is 5.66. The Morgan fingerprint density at radius 1 is 1.07 bits per heavy atom. The first-order valence-electron chi connectivity index (χ1n) is 4.14. The lowest BCUT2D eigenvalue weighted by Crippen LogP contribution is -2.05. The zero-order valence-electron chi connectivity index (χ0n) is 8.12. The molecule has 0 radical (unpaired) electrons. The van der Waals surface area contributed by atoms with E-state index in [1.165, 1.54) is 0 Å². The van der Waals surface area contributed by atoms with Gasteiger partial charge in [-0.3, -0.25) is 0 Å². The van der Waals surface area contributed by atoms with Crippen LogP contribution in [0.5, 0.6) is 0 Å². The summed E-state index contributed by atoms with van der Waals surface area (Å²) in [4.78, 5) is 0. The summed E-state index contributed by atoms with van der Waals surface area (Å²) < 4.78 is 37.1. The SMILES string of the molecule is CC.Nc1c(Br)cc(C(F)(F)F)cc1Br. The standard InChI is InChI=1S/C7H4Br2F3N.C2H6/c8-4-1-3(7(10,11)12)2-5(9)6(4)13;1-2/h1-2H,13H2;1-2H3. The number of hydrogen-bond donors (Lipinski definition) is 1. The van der Waals surface area contributed by atoms with E-state index in [0.29, 0.717) is 0 Å². The lowest BCUT2D eigenvalue weighted by atomic mass is 10.2. The van der Waals surface area contributed by atoms with Gasteiger partial charge in [-0.05, 0) is 44.0 Å². The first-order valence-corrected chi connectivity index (χ1v) is 5.72. The third-order valence-corrected chi connectivity index (χ3v) is 2.72. The van der Waals surface area contributed by atoms with Crippen molar-refractivity contribution < 1.29 is 13.2 Å². The second kappa shape index (κ2) is 5.75. The molecule has 0 aromatic heterocycles. The molecule has 1 nitrogen and oxygen atoms in total. The minimum absolute atomic E-state index is 0.231. The minimum Gasteiger partial charge on any atom is -0.397 e. The zero-order valence-corrected chi connectivity index (χ0v) is 11.3. The number of halogens is 5. The van der Waals surface area contributed by atoms with Crippen LogP contribution in [-0.2, 0) is 6.18 Å². The number of benzene rings is 1. The summed E-state index contributed by atoms with van der Waals surface area (Å²) in [5.41, 5.74) is 4.95. The van der Waals surface area contributed by atoms with E-state index >= 15 is 0 Å². The smallest absolute Gasteiger partial charge is 0.397 e. The molecular weight excluding hydrogens is 339 g/mol. The molecule has 0 atom stereocenters. The largest absolute Gasteiger partial charge is 0.416 e. The second-order valence-electron chi connectivity index (χ2n) is 2.35. The molecule has 1 aromatic carbocycles. The van der Waals surface area contributed by atoms with Gasteiger partial charge in [0, 0.05) is 8.95 Å². The van der Waals surface area contributed by atoms with Crippen LogP contribution >= 0.6 is 31.9 Å². The number of nitrogen functional groups attached to an aromatic ring is 1. The molecule has 0 saturated heterocycles. The summed E-state index contributed by atoms with van der Waals surface area (Å²) in [6.45, 7) is 4.00. The normalized spacial score (nSPS) is 10.6. The predicted molar refractivity (Wildman–Crippen MR) is 62.6 cm³/mol. The molecule has 0 aliphatic heterocycles. The van der Waals surface area contributed by atoms with Crippen molar-refractivity contribution in [3.8, 4) is 0 Å². The third kappa shape index (κ3) is 4.03. The van der Waals surface area contributed by atoms with E-state index in [1.807, 2.05) is 13.8 Å². The maximum atomic E-state index is 12.2. The summed E-state index contributed by atoms with van der Waals surface area (Å²) in [6, 6.07) is 1.89. The monoisotopic (exact) mass is 347 g/mol. The molecule has 0 spiro atoms. The molecule has 0 heterocycles. The summed E-state index contributed by atoms with van der Waals surface area (Å²) in [7, 11) is 0. The molecule has 0 fully saturated rings. The van der Waals surface area contributed by atoms with Gasteiger partial charge in [-0.2, -0.15) is 13.2 Å². The fourth-order valence-corrected chi connectivity index (χ4v) is 1.93. The van der Waals surface area contributed by atoms with E-state index < -0.39 is 11.7 Å². The van der Waals surface area contributed by atoms with Gasteiger partial charge in [-0.1, -0.05) is 13.8 Å². The number of hydrogen-bond acceptors (Lipinski definition) is 1. The average Bonchev–Trinajstić information content (AvgIpc) is 2.15.